The summed E-state index contributed by atoms with van der Waals surface area (Å²) in [6.45, 7) is 2.37. The fourth-order valence-corrected chi connectivity index (χ4v) is 3.34. The lowest BCUT2D eigenvalue weighted by Crippen LogP contribution is -2.40. The van der Waals surface area contributed by atoms with E-state index in [1.807, 2.05) is 24.3 Å². The number of nitrogens with one attached hydrogen (secondary N) is 1. The molecule has 0 saturated carbocycles. The van der Waals surface area contributed by atoms with Gasteiger partial charge in [-0.3, -0.25) is 19.3 Å². The first-order chi connectivity index (χ1) is 14.3. The van der Waals surface area contributed by atoms with Gasteiger partial charge in [0.15, 0.2) is 5.69 Å². The number of hydrogen-bond donors (Lipinski definition) is 2. The van der Waals surface area contributed by atoms with Gasteiger partial charge in [0.2, 0.25) is 11.8 Å². The molecule has 2 heterocycles. The maximum absolute atomic E-state index is 12.4. The van der Waals surface area contributed by atoms with E-state index in [1.54, 1.807) is 14.1 Å². The van der Waals surface area contributed by atoms with Crippen molar-refractivity contribution in [2.45, 2.75) is 25.9 Å². The molecule has 1 aliphatic heterocycles. The Morgan fingerprint density at radius 3 is 2.63 bits per heavy atom. The number of piperidine rings is 1. The van der Waals surface area contributed by atoms with Crippen LogP contribution in [0.15, 0.2) is 30.5 Å². The molecule has 1 fully saturated rings. The van der Waals surface area contributed by atoms with Gasteiger partial charge >= 0.3 is 0 Å². The molecule has 30 heavy (non-hydrogen) atoms. The molecular formula is C20H27N7O3. The fourth-order valence-electron chi connectivity index (χ4n) is 3.34. The molecular weight excluding hydrogens is 386 g/mol. The maximum Gasteiger partial charge on any atom is 0.277 e. The molecule has 0 spiro atoms. The van der Waals surface area contributed by atoms with Crippen molar-refractivity contribution in [1.29, 1.82) is 0 Å². The van der Waals surface area contributed by atoms with E-state index >= 15 is 0 Å². The van der Waals surface area contributed by atoms with Crippen molar-refractivity contribution in [2.24, 2.45) is 11.7 Å². The Labute approximate surface area is 175 Å². The Kier molecular flexibility index (Phi) is 6.78. The lowest BCUT2D eigenvalue weighted by molar-refractivity contribution is -0.129. The van der Waals surface area contributed by atoms with Crippen LogP contribution < -0.4 is 11.1 Å². The number of hydrogen-bond acceptors (Lipinski definition) is 6. The van der Waals surface area contributed by atoms with E-state index in [0.717, 1.165) is 31.5 Å². The molecule has 1 aliphatic rings. The number of rotatable bonds is 7. The molecule has 0 aliphatic carbocycles. The summed E-state index contributed by atoms with van der Waals surface area (Å²) in [5.41, 5.74) is 7.30. The molecule has 2 aromatic rings. The number of primary amides is 1. The van der Waals surface area contributed by atoms with Gasteiger partial charge in [-0.05, 0) is 37.1 Å². The zero-order chi connectivity index (χ0) is 21.7. The van der Waals surface area contributed by atoms with Crippen LogP contribution in [0.25, 0.3) is 0 Å². The highest BCUT2D eigenvalue weighted by Gasteiger charge is 2.23. The van der Waals surface area contributed by atoms with Crippen LogP contribution in [-0.2, 0) is 22.7 Å². The maximum atomic E-state index is 12.4. The molecule has 10 nitrogen and oxygen atoms in total. The highest BCUT2D eigenvalue weighted by molar-refractivity contribution is 6.02. The summed E-state index contributed by atoms with van der Waals surface area (Å²) in [7, 11) is 3.30. The minimum atomic E-state index is -0.397. The van der Waals surface area contributed by atoms with Gasteiger partial charge < -0.3 is 16.0 Å². The first kappa shape index (κ1) is 21.4. The second-order valence-corrected chi connectivity index (χ2v) is 7.72. The monoisotopic (exact) mass is 413 g/mol. The smallest absolute Gasteiger partial charge is 0.277 e. The summed E-state index contributed by atoms with van der Waals surface area (Å²) in [5, 5.41) is 10.4. The minimum absolute atomic E-state index is 0.0229. The second-order valence-electron chi connectivity index (χ2n) is 7.72. The Hall–Kier alpha value is -3.27. The Bertz CT molecular complexity index is 907. The third kappa shape index (κ3) is 5.63. The van der Waals surface area contributed by atoms with Gasteiger partial charge in [0.1, 0.15) is 6.54 Å². The lowest BCUT2D eigenvalue weighted by atomic mass is 9.97. The molecule has 3 N–H and O–H groups in total. The quantitative estimate of drug-likeness (QED) is 0.673. The average Bonchev–Trinajstić information content (AvgIpc) is 3.18. The van der Waals surface area contributed by atoms with E-state index < -0.39 is 5.91 Å². The van der Waals surface area contributed by atoms with Gasteiger partial charge in [-0.2, -0.15) is 0 Å². The number of anilines is 1. The summed E-state index contributed by atoms with van der Waals surface area (Å²) >= 11 is 0. The molecule has 1 aromatic heterocycles. The molecule has 1 unspecified atom stereocenters. The SMILES string of the molecule is CN(C)C(=O)Cn1cc(C(=O)Nc2ccc(CN3CCCC(C(N)=O)C3)cc2)nn1. The van der Waals surface area contributed by atoms with Gasteiger partial charge in [0.05, 0.1) is 12.1 Å². The van der Waals surface area contributed by atoms with Crippen molar-refractivity contribution in [1.82, 2.24) is 24.8 Å². The number of nitrogens with two attached hydrogens (primary N) is 1. The third-order valence-corrected chi connectivity index (χ3v) is 5.09. The van der Waals surface area contributed by atoms with Crippen LogP contribution in [0.2, 0.25) is 0 Å². The van der Waals surface area contributed by atoms with Gasteiger partial charge in [-0.15, -0.1) is 5.10 Å². The minimum Gasteiger partial charge on any atom is -0.369 e. The molecule has 1 atom stereocenters. The molecule has 160 valence electrons. The van der Waals surface area contributed by atoms with E-state index in [4.69, 9.17) is 5.73 Å². The van der Waals surface area contributed by atoms with E-state index in [2.05, 4.69) is 20.5 Å². The summed E-state index contributed by atoms with van der Waals surface area (Å²) < 4.78 is 1.33. The van der Waals surface area contributed by atoms with E-state index in [9.17, 15) is 14.4 Å². The standard InChI is InChI=1S/C20H27N7O3/c1-25(2)18(28)13-27-12-17(23-24-27)20(30)22-16-7-5-14(6-8-16)10-26-9-3-4-15(11-26)19(21)29/h5-8,12,15H,3-4,9-11,13H2,1-2H3,(H2,21,29)(H,22,30). The predicted octanol–water partition coefficient (Wildman–Crippen LogP) is 0.316. The Balaban J connectivity index is 1.54. The molecule has 0 radical (unpaired) electrons. The van der Waals surface area contributed by atoms with Crippen molar-refractivity contribution in [3.05, 3.63) is 41.7 Å². The number of aromatic nitrogens is 3. The van der Waals surface area contributed by atoms with Crippen molar-refractivity contribution in [3.63, 3.8) is 0 Å². The van der Waals surface area contributed by atoms with Gasteiger partial charge in [-0.1, -0.05) is 17.3 Å². The topological polar surface area (TPSA) is 126 Å². The summed E-state index contributed by atoms with van der Waals surface area (Å²) in [4.78, 5) is 39.2. The number of nitrogens with zero attached hydrogens (tertiary/aromatic N) is 5. The summed E-state index contributed by atoms with van der Waals surface area (Å²) in [5.74, 6) is -0.857. The largest absolute Gasteiger partial charge is 0.369 e. The van der Waals surface area contributed by atoms with Crippen molar-refractivity contribution in [2.75, 3.05) is 32.5 Å². The predicted molar refractivity (Wildman–Crippen MR) is 110 cm³/mol. The number of benzene rings is 1. The van der Waals surface area contributed by atoms with Crippen molar-refractivity contribution < 1.29 is 14.4 Å². The van der Waals surface area contributed by atoms with Crippen LogP contribution in [0.5, 0.6) is 0 Å². The molecule has 0 bridgehead atoms. The van der Waals surface area contributed by atoms with Crippen molar-refractivity contribution >= 4 is 23.4 Å². The molecule has 3 rings (SSSR count). The average molecular weight is 413 g/mol. The summed E-state index contributed by atoms with van der Waals surface area (Å²) in [6, 6.07) is 7.53. The number of amides is 3. The van der Waals surface area contributed by atoms with Crippen LogP contribution in [0.1, 0.15) is 28.9 Å². The zero-order valence-corrected chi connectivity index (χ0v) is 17.2. The number of likely N-dealkylation sites (N-methyl/N-ethyl adjacent to an activating group) is 1. The molecule has 10 heteroatoms. The van der Waals surface area contributed by atoms with E-state index in [-0.39, 0.29) is 30.0 Å². The Morgan fingerprint density at radius 2 is 1.97 bits per heavy atom. The van der Waals surface area contributed by atoms with Crippen molar-refractivity contribution in [3.8, 4) is 0 Å². The summed E-state index contributed by atoms with van der Waals surface area (Å²) in [6.07, 6.45) is 3.25. The molecule has 1 aromatic carbocycles. The fraction of sp³-hybridized carbons (Fsp3) is 0.450. The van der Waals surface area contributed by atoms with Crippen LogP contribution in [0.4, 0.5) is 5.69 Å². The van der Waals surface area contributed by atoms with Crippen LogP contribution >= 0.6 is 0 Å². The highest BCUT2D eigenvalue weighted by Crippen LogP contribution is 2.19. The molecule has 1 saturated heterocycles. The highest BCUT2D eigenvalue weighted by atomic mass is 16.2. The first-order valence-corrected chi connectivity index (χ1v) is 9.84. The number of likely N-dealkylation sites (tertiary alicyclic amines) is 1. The number of carbonyl (C=O) groups excluding carboxylic acids is 3. The molecule has 3 amide bonds. The van der Waals surface area contributed by atoms with Gasteiger partial charge in [-0.25, -0.2) is 4.68 Å². The second kappa shape index (κ2) is 9.49. The van der Waals surface area contributed by atoms with Crippen LogP contribution in [0.3, 0.4) is 0 Å². The van der Waals surface area contributed by atoms with E-state index in [0.29, 0.717) is 12.2 Å². The Morgan fingerprint density at radius 1 is 1.23 bits per heavy atom. The first-order valence-electron chi connectivity index (χ1n) is 9.84. The lowest BCUT2D eigenvalue weighted by Gasteiger charge is -2.31. The van der Waals surface area contributed by atoms with Gasteiger partial charge in [0, 0.05) is 32.9 Å². The normalized spacial score (nSPS) is 16.8. The van der Waals surface area contributed by atoms with Crippen LogP contribution in [-0.4, -0.2) is 69.7 Å². The zero-order valence-electron chi connectivity index (χ0n) is 17.2. The third-order valence-electron chi connectivity index (χ3n) is 5.09. The van der Waals surface area contributed by atoms with Gasteiger partial charge in [0.25, 0.3) is 5.91 Å². The van der Waals surface area contributed by atoms with E-state index in [1.165, 1.54) is 15.8 Å². The van der Waals surface area contributed by atoms with Crippen LogP contribution in [0, 0.1) is 5.92 Å². The number of carbonyl (C=O) groups is 3.